The molecular weight excluding hydrogens is 409 g/mol. The number of anilines is 1. The van der Waals surface area contributed by atoms with Gasteiger partial charge in [0, 0.05) is 8.95 Å². The van der Waals surface area contributed by atoms with Crippen molar-refractivity contribution >= 4 is 49.4 Å². The quantitative estimate of drug-likeness (QED) is 0.783. The molecule has 0 aliphatic carbocycles. The van der Waals surface area contributed by atoms with Crippen molar-refractivity contribution in [1.82, 2.24) is 0 Å². The van der Waals surface area contributed by atoms with Crippen LogP contribution < -0.4 is 5.32 Å². The molecule has 0 radical (unpaired) electrons. The Balaban J connectivity index is 2.30. The summed E-state index contributed by atoms with van der Waals surface area (Å²) in [4.78, 5) is 22.9. The number of carbonyl (C=O) groups excluding carboxylic acids is 1. The number of nitrogens with one attached hydrogen (secondary N) is 1. The first-order valence-electron chi connectivity index (χ1n) is 5.68. The summed E-state index contributed by atoms with van der Waals surface area (Å²) in [6, 6.07) is 8.35. The summed E-state index contributed by atoms with van der Waals surface area (Å²) in [6.07, 6.45) is 0. The molecule has 0 spiro atoms. The van der Waals surface area contributed by atoms with E-state index in [9.17, 15) is 14.0 Å². The van der Waals surface area contributed by atoms with E-state index in [1.54, 1.807) is 6.07 Å². The third-order valence-electron chi connectivity index (χ3n) is 2.65. The van der Waals surface area contributed by atoms with Gasteiger partial charge in [-0.1, -0.05) is 6.07 Å². The zero-order valence-corrected chi connectivity index (χ0v) is 13.5. The van der Waals surface area contributed by atoms with Crippen LogP contribution in [0, 0.1) is 5.82 Å². The van der Waals surface area contributed by atoms with Crippen LogP contribution >= 0.6 is 31.9 Å². The summed E-state index contributed by atoms with van der Waals surface area (Å²) in [7, 11) is 0. The minimum atomic E-state index is -1.08. The number of carbonyl (C=O) groups is 2. The minimum absolute atomic E-state index is 0.0759. The molecule has 0 aliphatic heterocycles. The predicted molar refractivity (Wildman–Crippen MR) is 83.2 cm³/mol. The van der Waals surface area contributed by atoms with Crippen LogP contribution in [0.5, 0.6) is 0 Å². The molecule has 0 fully saturated rings. The van der Waals surface area contributed by atoms with Gasteiger partial charge in [-0.2, -0.15) is 0 Å². The zero-order chi connectivity index (χ0) is 15.6. The summed E-state index contributed by atoms with van der Waals surface area (Å²) >= 11 is 6.29. The van der Waals surface area contributed by atoms with Crippen molar-refractivity contribution in [3.63, 3.8) is 0 Å². The van der Waals surface area contributed by atoms with E-state index >= 15 is 0 Å². The molecule has 0 aliphatic rings. The molecule has 21 heavy (non-hydrogen) atoms. The van der Waals surface area contributed by atoms with E-state index in [4.69, 9.17) is 5.11 Å². The van der Waals surface area contributed by atoms with E-state index in [0.29, 0.717) is 14.6 Å². The van der Waals surface area contributed by atoms with Crippen molar-refractivity contribution in [3.05, 3.63) is 62.3 Å². The highest BCUT2D eigenvalue weighted by molar-refractivity contribution is 9.11. The average molecular weight is 417 g/mol. The van der Waals surface area contributed by atoms with Gasteiger partial charge in [0.2, 0.25) is 0 Å². The first kappa shape index (κ1) is 15.7. The predicted octanol–water partition coefficient (Wildman–Crippen LogP) is 4.30. The normalized spacial score (nSPS) is 10.2. The standard InChI is InChI=1S/C14H8Br2FNO3/c15-8-2-1-3-10(17)12(8)13(19)18-11-5-4-7(14(20)21)6-9(11)16/h1-6H,(H,18,19)(H,20,21). The van der Waals surface area contributed by atoms with Crippen molar-refractivity contribution in [2.75, 3.05) is 5.32 Å². The Labute approximate surface area is 136 Å². The largest absolute Gasteiger partial charge is 0.478 e. The summed E-state index contributed by atoms with van der Waals surface area (Å²) in [6.45, 7) is 0. The fraction of sp³-hybridized carbons (Fsp3) is 0. The monoisotopic (exact) mass is 415 g/mol. The molecule has 0 atom stereocenters. The number of hydrogen-bond donors (Lipinski definition) is 2. The van der Waals surface area contributed by atoms with E-state index in [1.165, 1.54) is 30.3 Å². The van der Waals surface area contributed by atoms with Gasteiger partial charge in [0.1, 0.15) is 5.82 Å². The molecule has 2 aromatic carbocycles. The summed E-state index contributed by atoms with van der Waals surface area (Å²) in [5.74, 6) is -2.37. The Morgan fingerprint density at radius 2 is 1.81 bits per heavy atom. The molecule has 1 amide bonds. The summed E-state index contributed by atoms with van der Waals surface area (Å²) in [5.41, 5.74) is 0.304. The van der Waals surface area contributed by atoms with Crippen molar-refractivity contribution in [2.45, 2.75) is 0 Å². The second kappa shape index (κ2) is 6.36. The molecule has 108 valence electrons. The average Bonchev–Trinajstić information content (AvgIpc) is 2.40. The molecular formula is C14H8Br2FNO3. The highest BCUT2D eigenvalue weighted by Crippen LogP contribution is 2.26. The van der Waals surface area contributed by atoms with Crippen molar-refractivity contribution in [2.24, 2.45) is 0 Å². The van der Waals surface area contributed by atoms with Crippen LogP contribution in [-0.4, -0.2) is 17.0 Å². The number of rotatable bonds is 3. The first-order valence-corrected chi connectivity index (χ1v) is 7.27. The van der Waals surface area contributed by atoms with Crippen LogP contribution in [0.1, 0.15) is 20.7 Å². The molecule has 0 bridgehead atoms. The maximum Gasteiger partial charge on any atom is 0.335 e. The van der Waals surface area contributed by atoms with E-state index in [2.05, 4.69) is 37.2 Å². The van der Waals surface area contributed by atoms with E-state index < -0.39 is 17.7 Å². The molecule has 0 aromatic heterocycles. The zero-order valence-electron chi connectivity index (χ0n) is 10.4. The van der Waals surface area contributed by atoms with Gasteiger partial charge in [0.15, 0.2) is 0 Å². The Kier molecular flexibility index (Phi) is 4.74. The lowest BCUT2D eigenvalue weighted by molar-refractivity contribution is 0.0696. The molecule has 0 saturated carbocycles. The van der Waals surface area contributed by atoms with Gasteiger partial charge >= 0.3 is 5.97 Å². The number of benzene rings is 2. The van der Waals surface area contributed by atoms with Crippen molar-refractivity contribution < 1.29 is 19.1 Å². The number of carboxylic acid groups (broad SMARTS) is 1. The van der Waals surface area contributed by atoms with Crippen molar-refractivity contribution in [1.29, 1.82) is 0 Å². The van der Waals surface area contributed by atoms with Gasteiger partial charge in [-0.25, -0.2) is 9.18 Å². The van der Waals surface area contributed by atoms with Crippen molar-refractivity contribution in [3.8, 4) is 0 Å². The number of amides is 1. The van der Waals surface area contributed by atoms with Crippen LogP contribution in [0.25, 0.3) is 0 Å². The highest BCUT2D eigenvalue weighted by Gasteiger charge is 2.17. The van der Waals surface area contributed by atoms with Crippen LogP contribution in [0.15, 0.2) is 45.3 Å². The van der Waals surface area contributed by atoms with Crippen LogP contribution in [-0.2, 0) is 0 Å². The van der Waals surface area contributed by atoms with Crippen LogP contribution in [0.4, 0.5) is 10.1 Å². The van der Waals surface area contributed by atoms with Crippen LogP contribution in [0.2, 0.25) is 0 Å². The van der Waals surface area contributed by atoms with E-state index in [-0.39, 0.29) is 11.1 Å². The third-order valence-corrected chi connectivity index (χ3v) is 3.97. The smallest absolute Gasteiger partial charge is 0.335 e. The van der Waals surface area contributed by atoms with Gasteiger partial charge < -0.3 is 10.4 Å². The second-order valence-corrected chi connectivity index (χ2v) is 5.76. The molecule has 2 rings (SSSR count). The Hall–Kier alpha value is -1.73. The SMILES string of the molecule is O=C(O)c1ccc(NC(=O)c2c(F)cccc2Br)c(Br)c1. The topological polar surface area (TPSA) is 66.4 Å². The lowest BCUT2D eigenvalue weighted by Gasteiger charge is -2.10. The maximum absolute atomic E-state index is 13.7. The lowest BCUT2D eigenvalue weighted by atomic mass is 10.1. The lowest BCUT2D eigenvalue weighted by Crippen LogP contribution is -2.15. The minimum Gasteiger partial charge on any atom is -0.478 e. The maximum atomic E-state index is 13.7. The van der Waals surface area contributed by atoms with Gasteiger partial charge in [0.25, 0.3) is 5.91 Å². The number of aromatic carboxylic acids is 1. The Bertz CT molecular complexity index is 714. The van der Waals surface area contributed by atoms with Gasteiger partial charge in [0.05, 0.1) is 16.8 Å². The number of halogens is 3. The molecule has 0 unspecified atom stereocenters. The molecule has 0 heterocycles. The van der Waals surface area contributed by atoms with E-state index in [1.807, 2.05) is 0 Å². The number of hydrogen-bond acceptors (Lipinski definition) is 2. The molecule has 7 heteroatoms. The van der Waals surface area contributed by atoms with Crippen LogP contribution in [0.3, 0.4) is 0 Å². The first-order chi connectivity index (χ1) is 9.90. The molecule has 4 nitrogen and oxygen atoms in total. The van der Waals surface area contributed by atoms with E-state index in [0.717, 1.165) is 0 Å². The third kappa shape index (κ3) is 3.48. The Morgan fingerprint density at radius 1 is 1.10 bits per heavy atom. The molecule has 2 N–H and O–H groups in total. The van der Waals surface area contributed by atoms with Gasteiger partial charge in [-0.05, 0) is 62.2 Å². The summed E-state index contributed by atoms with van der Waals surface area (Å²) < 4.78 is 14.4. The molecule has 2 aromatic rings. The van der Waals surface area contributed by atoms with Gasteiger partial charge in [-0.15, -0.1) is 0 Å². The second-order valence-electron chi connectivity index (χ2n) is 4.05. The summed E-state index contributed by atoms with van der Waals surface area (Å²) in [5, 5.41) is 11.4. The number of carboxylic acids is 1. The fourth-order valence-electron chi connectivity index (χ4n) is 1.65. The Morgan fingerprint density at radius 3 is 2.38 bits per heavy atom. The fourth-order valence-corrected chi connectivity index (χ4v) is 2.65. The van der Waals surface area contributed by atoms with Gasteiger partial charge in [-0.3, -0.25) is 4.79 Å². The molecule has 0 saturated heterocycles. The highest BCUT2D eigenvalue weighted by atomic mass is 79.9.